The first kappa shape index (κ1) is 21.8. The van der Waals surface area contributed by atoms with Crippen molar-refractivity contribution in [3.63, 3.8) is 0 Å². The zero-order valence-corrected chi connectivity index (χ0v) is 18.1. The summed E-state index contributed by atoms with van der Waals surface area (Å²) in [5.41, 5.74) is 2.09. The van der Waals surface area contributed by atoms with E-state index in [1.54, 1.807) is 55.1 Å². The van der Waals surface area contributed by atoms with Crippen LogP contribution in [0.5, 0.6) is 5.75 Å². The predicted molar refractivity (Wildman–Crippen MR) is 113 cm³/mol. The molecule has 0 aliphatic carbocycles. The van der Waals surface area contributed by atoms with E-state index < -0.39 is 16.1 Å². The molecule has 7 nitrogen and oxygen atoms in total. The van der Waals surface area contributed by atoms with Crippen LogP contribution in [-0.2, 0) is 14.8 Å². The lowest BCUT2D eigenvalue weighted by atomic mass is 10.2. The van der Waals surface area contributed by atoms with Crippen molar-refractivity contribution in [3.8, 4) is 11.8 Å². The normalized spacial score (nSPS) is 16.0. The highest BCUT2D eigenvalue weighted by Gasteiger charge is 2.32. The summed E-state index contributed by atoms with van der Waals surface area (Å²) in [5, 5.41) is 9.16. The summed E-state index contributed by atoms with van der Waals surface area (Å²) in [5.74, 6) is 0.128. The average molecular weight is 428 g/mol. The van der Waals surface area contributed by atoms with Crippen LogP contribution in [0.15, 0.2) is 47.4 Å². The average Bonchev–Trinajstić information content (AvgIpc) is 2.73. The Morgan fingerprint density at radius 1 is 1.10 bits per heavy atom. The number of piperazine rings is 1. The Hall–Kier alpha value is -2.89. The maximum Gasteiger partial charge on any atom is 0.263 e. The van der Waals surface area contributed by atoms with E-state index >= 15 is 0 Å². The van der Waals surface area contributed by atoms with E-state index in [2.05, 4.69) is 0 Å². The Kier molecular flexibility index (Phi) is 6.44. The van der Waals surface area contributed by atoms with E-state index in [4.69, 9.17) is 10.00 Å². The third-order valence-electron chi connectivity index (χ3n) is 5.16. The topological polar surface area (TPSA) is 90.7 Å². The molecule has 1 aliphatic heterocycles. The lowest BCUT2D eigenvalue weighted by Gasteiger charge is -2.35. The van der Waals surface area contributed by atoms with Crippen LogP contribution in [0.3, 0.4) is 0 Å². The van der Waals surface area contributed by atoms with Gasteiger partial charge in [0.1, 0.15) is 11.8 Å². The molecule has 8 heteroatoms. The van der Waals surface area contributed by atoms with Crippen LogP contribution in [0.2, 0.25) is 0 Å². The zero-order chi connectivity index (χ0) is 21.9. The number of nitriles is 1. The number of para-hydroxylation sites is 1. The molecule has 1 fully saturated rings. The molecule has 1 heterocycles. The molecule has 0 bridgehead atoms. The van der Waals surface area contributed by atoms with Crippen molar-refractivity contribution in [2.24, 2.45) is 0 Å². The molecule has 2 aromatic carbocycles. The fraction of sp³-hybridized carbons (Fsp3) is 0.364. The molecule has 0 N–H and O–H groups in total. The van der Waals surface area contributed by atoms with Crippen molar-refractivity contribution in [3.05, 3.63) is 59.2 Å². The second-order valence-corrected chi connectivity index (χ2v) is 9.27. The van der Waals surface area contributed by atoms with Gasteiger partial charge in [0, 0.05) is 26.2 Å². The molecule has 2 aromatic rings. The van der Waals surface area contributed by atoms with Gasteiger partial charge in [-0.3, -0.25) is 4.79 Å². The molecule has 3 rings (SSSR count). The molecule has 30 heavy (non-hydrogen) atoms. The molecule has 0 spiro atoms. The fourth-order valence-corrected chi connectivity index (χ4v) is 5.16. The number of sulfonamides is 1. The number of amides is 1. The van der Waals surface area contributed by atoms with Gasteiger partial charge in [-0.05, 0) is 44.5 Å². The van der Waals surface area contributed by atoms with Crippen LogP contribution in [0.4, 0.5) is 0 Å². The number of carbonyl (C=O) groups is 1. The third kappa shape index (κ3) is 4.48. The summed E-state index contributed by atoms with van der Waals surface area (Å²) in [6.07, 6.45) is -0.776. The quantitative estimate of drug-likeness (QED) is 0.731. The number of ether oxygens (including phenoxy) is 1. The first-order chi connectivity index (χ1) is 14.2. The molecule has 158 valence electrons. The Balaban J connectivity index is 1.64. The summed E-state index contributed by atoms with van der Waals surface area (Å²) in [6, 6.07) is 14.1. The minimum absolute atomic E-state index is 0.225. The Morgan fingerprint density at radius 3 is 2.40 bits per heavy atom. The van der Waals surface area contributed by atoms with Crippen molar-refractivity contribution in [1.29, 1.82) is 5.26 Å². The molecule has 0 saturated carbocycles. The van der Waals surface area contributed by atoms with Crippen molar-refractivity contribution < 1.29 is 17.9 Å². The van der Waals surface area contributed by atoms with Crippen LogP contribution in [0.25, 0.3) is 0 Å². The zero-order valence-electron chi connectivity index (χ0n) is 17.3. The smallest absolute Gasteiger partial charge is 0.263 e. The van der Waals surface area contributed by atoms with Gasteiger partial charge in [-0.15, -0.1) is 0 Å². The maximum atomic E-state index is 13.0. The SMILES string of the molecule is Cc1ccc(S(=O)(=O)N2CCN(C(=O)C(C)Oc3ccccc3C#N)CC2)c(C)c1. The van der Waals surface area contributed by atoms with Crippen molar-refractivity contribution in [2.75, 3.05) is 26.2 Å². The predicted octanol–water partition coefficient (Wildman–Crippen LogP) is 2.48. The number of carbonyl (C=O) groups excluding carboxylic acids is 1. The summed E-state index contributed by atoms with van der Waals surface area (Å²) in [7, 11) is -3.61. The molecule has 1 unspecified atom stereocenters. The van der Waals surface area contributed by atoms with Crippen LogP contribution in [0.1, 0.15) is 23.6 Å². The summed E-state index contributed by atoms with van der Waals surface area (Å²) in [6.45, 7) is 6.37. The fourth-order valence-electron chi connectivity index (χ4n) is 3.54. The van der Waals surface area contributed by atoms with Gasteiger partial charge in [-0.2, -0.15) is 9.57 Å². The van der Waals surface area contributed by atoms with Gasteiger partial charge in [-0.1, -0.05) is 29.8 Å². The highest BCUT2D eigenvalue weighted by atomic mass is 32.2. The minimum atomic E-state index is -3.61. The second kappa shape index (κ2) is 8.86. The Labute approximate surface area is 177 Å². The van der Waals surface area contributed by atoms with E-state index in [-0.39, 0.29) is 32.1 Å². The number of hydrogen-bond donors (Lipinski definition) is 0. The second-order valence-electron chi connectivity index (χ2n) is 7.37. The summed E-state index contributed by atoms with van der Waals surface area (Å²) < 4.78 is 33.1. The molecular formula is C22H25N3O4S. The summed E-state index contributed by atoms with van der Waals surface area (Å²) in [4.78, 5) is 14.7. The van der Waals surface area contributed by atoms with Crippen LogP contribution in [-0.4, -0.2) is 55.8 Å². The van der Waals surface area contributed by atoms with E-state index in [9.17, 15) is 13.2 Å². The van der Waals surface area contributed by atoms with E-state index in [1.165, 1.54) is 4.31 Å². The van der Waals surface area contributed by atoms with E-state index in [1.807, 2.05) is 19.1 Å². The van der Waals surface area contributed by atoms with Gasteiger partial charge in [-0.25, -0.2) is 8.42 Å². The van der Waals surface area contributed by atoms with E-state index in [0.717, 1.165) is 5.56 Å². The number of nitrogens with zero attached hydrogens (tertiary/aromatic N) is 3. The molecule has 1 saturated heterocycles. The highest BCUT2D eigenvalue weighted by molar-refractivity contribution is 7.89. The minimum Gasteiger partial charge on any atom is -0.480 e. The number of aryl methyl sites for hydroxylation is 2. The van der Waals surface area contributed by atoms with Crippen molar-refractivity contribution in [2.45, 2.75) is 31.8 Å². The van der Waals surface area contributed by atoms with Crippen molar-refractivity contribution >= 4 is 15.9 Å². The number of hydrogen-bond acceptors (Lipinski definition) is 5. The van der Waals surface area contributed by atoms with Crippen LogP contribution < -0.4 is 4.74 Å². The van der Waals surface area contributed by atoms with Gasteiger partial charge < -0.3 is 9.64 Å². The van der Waals surface area contributed by atoms with E-state index in [0.29, 0.717) is 21.8 Å². The molecule has 1 amide bonds. The number of benzene rings is 2. The summed E-state index contributed by atoms with van der Waals surface area (Å²) >= 11 is 0. The maximum absolute atomic E-state index is 13.0. The standard InChI is InChI=1S/C22H25N3O4S/c1-16-8-9-21(17(2)14-16)30(27,28)25-12-10-24(11-13-25)22(26)18(3)29-20-7-5-4-6-19(20)15-23/h4-9,14,18H,10-13H2,1-3H3. The molecule has 1 aliphatic rings. The van der Waals surface area contributed by atoms with Gasteiger partial charge in [0.25, 0.3) is 5.91 Å². The molecule has 0 aromatic heterocycles. The lowest BCUT2D eigenvalue weighted by Crippen LogP contribution is -2.53. The molecule has 0 radical (unpaired) electrons. The largest absolute Gasteiger partial charge is 0.480 e. The first-order valence-corrected chi connectivity index (χ1v) is 11.2. The van der Waals surface area contributed by atoms with Crippen LogP contribution >= 0.6 is 0 Å². The van der Waals surface area contributed by atoms with Gasteiger partial charge in [0.2, 0.25) is 10.0 Å². The highest BCUT2D eigenvalue weighted by Crippen LogP contribution is 2.23. The van der Waals surface area contributed by atoms with Gasteiger partial charge >= 0.3 is 0 Å². The van der Waals surface area contributed by atoms with Gasteiger partial charge in [0.05, 0.1) is 10.5 Å². The Bertz CT molecular complexity index is 1080. The lowest BCUT2D eigenvalue weighted by molar-refractivity contribution is -0.139. The van der Waals surface area contributed by atoms with Crippen LogP contribution in [0, 0.1) is 25.2 Å². The Morgan fingerprint density at radius 2 is 1.77 bits per heavy atom. The number of rotatable bonds is 5. The third-order valence-corrected chi connectivity index (χ3v) is 7.22. The van der Waals surface area contributed by atoms with Gasteiger partial charge in [0.15, 0.2) is 6.10 Å². The van der Waals surface area contributed by atoms with Crippen molar-refractivity contribution in [1.82, 2.24) is 9.21 Å². The monoisotopic (exact) mass is 427 g/mol. The first-order valence-electron chi connectivity index (χ1n) is 9.76. The molecule has 1 atom stereocenters. The molecular weight excluding hydrogens is 402 g/mol.